The minimum atomic E-state index is -0.504. The van der Waals surface area contributed by atoms with Crippen LogP contribution in [0.3, 0.4) is 0 Å². The Bertz CT molecular complexity index is 1280. The number of hydrogen-bond donors (Lipinski definition) is 0. The first-order valence-corrected chi connectivity index (χ1v) is 11.5. The highest BCUT2D eigenvalue weighted by Crippen LogP contribution is 2.40. The van der Waals surface area contributed by atoms with E-state index in [4.69, 9.17) is 37.7 Å². The van der Waals surface area contributed by atoms with Gasteiger partial charge in [-0.05, 0) is 49.4 Å². The van der Waals surface area contributed by atoms with Gasteiger partial charge in [-0.25, -0.2) is 4.79 Å². The van der Waals surface area contributed by atoms with Crippen molar-refractivity contribution < 1.29 is 23.5 Å². The minimum absolute atomic E-state index is 0.247. The Morgan fingerprint density at radius 1 is 1.21 bits per heavy atom. The van der Waals surface area contributed by atoms with Gasteiger partial charge in [-0.2, -0.15) is 0 Å². The van der Waals surface area contributed by atoms with E-state index in [2.05, 4.69) is 0 Å². The number of thioether (sulfide) groups is 1. The summed E-state index contributed by atoms with van der Waals surface area (Å²) in [5, 5.41) is 0.295. The van der Waals surface area contributed by atoms with Crippen LogP contribution in [0.4, 0.5) is 5.69 Å². The molecular weight excluding hydrogens is 482 g/mol. The number of rotatable bonds is 6. The van der Waals surface area contributed by atoms with Crippen LogP contribution in [0, 0.1) is 0 Å². The molecule has 1 amide bonds. The van der Waals surface area contributed by atoms with Crippen LogP contribution in [-0.4, -0.2) is 29.9 Å². The molecule has 6 nitrogen and oxygen atoms in total. The third kappa shape index (κ3) is 4.68. The molecule has 1 aliphatic heterocycles. The highest BCUT2D eigenvalue weighted by molar-refractivity contribution is 8.27. The first-order valence-electron chi connectivity index (χ1n) is 9.90. The number of halogens is 1. The van der Waals surface area contributed by atoms with Crippen molar-refractivity contribution in [3.63, 3.8) is 0 Å². The van der Waals surface area contributed by atoms with E-state index < -0.39 is 5.97 Å². The fourth-order valence-electron chi connectivity index (χ4n) is 3.25. The maximum atomic E-state index is 13.1. The van der Waals surface area contributed by atoms with Crippen LogP contribution in [0.15, 0.2) is 63.9 Å². The van der Waals surface area contributed by atoms with Gasteiger partial charge in [0.15, 0.2) is 4.32 Å². The second-order valence-corrected chi connectivity index (χ2v) is 8.89. The zero-order chi connectivity index (χ0) is 23.5. The normalized spacial score (nSPS) is 14.8. The molecule has 9 heteroatoms. The molecular formula is C24H18ClNO5S2. The molecule has 4 rings (SSSR count). The van der Waals surface area contributed by atoms with E-state index in [-0.39, 0.29) is 18.1 Å². The van der Waals surface area contributed by atoms with Crippen molar-refractivity contribution in [2.45, 2.75) is 6.92 Å². The van der Waals surface area contributed by atoms with Crippen LogP contribution in [-0.2, 0) is 9.53 Å². The highest BCUT2D eigenvalue weighted by Gasteiger charge is 2.35. The van der Waals surface area contributed by atoms with Gasteiger partial charge in [-0.1, -0.05) is 47.7 Å². The van der Waals surface area contributed by atoms with E-state index in [9.17, 15) is 9.59 Å². The standard InChI is InChI=1S/C24H18ClNO5S2/c1-3-30-23(28)16-12-14(8-10-17(16)25)19-11-9-15(31-19)13-21-22(27)26(24(32)33-21)18-6-4-5-7-20(18)29-2/h4-13H,3H2,1-2H3/b21-13+. The number of anilines is 1. The molecule has 33 heavy (non-hydrogen) atoms. The van der Waals surface area contributed by atoms with Crippen LogP contribution >= 0.6 is 35.6 Å². The summed E-state index contributed by atoms with van der Waals surface area (Å²) in [7, 11) is 1.54. The van der Waals surface area contributed by atoms with Gasteiger partial charge in [0.1, 0.15) is 17.3 Å². The second-order valence-electron chi connectivity index (χ2n) is 6.81. The maximum absolute atomic E-state index is 13.1. The molecule has 0 bridgehead atoms. The van der Waals surface area contributed by atoms with Crippen LogP contribution < -0.4 is 9.64 Å². The number of benzene rings is 2. The molecule has 0 radical (unpaired) electrons. The summed E-state index contributed by atoms with van der Waals surface area (Å²) in [6.07, 6.45) is 1.64. The SMILES string of the molecule is CCOC(=O)c1cc(-c2ccc(/C=C3/SC(=S)N(c4ccccc4OC)C3=O)o2)ccc1Cl. The minimum Gasteiger partial charge on any atom is -0.495 e. The zero-order valence-electron chi connectivity index (χ0n) is 17.7. The molecule has 0 aliphatic carbocycles. The molecule has 2 heterocycles. The number of para-hydroxylation sites is 2. The van der Waals surface area contributed by atoms with Gasteiger partial charge >= 0.3 is 5.97 Å². The number of esters is 1. The molecule has 1 saturated heterocycles. The molecule has 168 valence electrons. The first-order chi connectivity index (χ1) is 15.9. The van der Waals surface area contributed by atoms with Crippen molar-refractivity contribution >= 4 is 63.5 Å². The van der Waals surface area contributed by atoms with E-state index >= 15 is 0 Å². The molecule has 1 aliphatic rings. The average molecular weight is 500 g/mol. The Kier molecular flexibility index (Phi) is 6.88. The Morgan fingerprint density at radius 3 is 2.76 bits per heavy atom. The lowest BCUT2D eigenvalue weighted by Gasteiger charge is -2.17. The molecule has 1 aromatic heterocycles. The Hall–Kier alpha value is -3.07. The average Bonchev–Trinajstić information content (AvgIpc) is 3.38. The van der Waals surface area contributed by atoms with Crippen LogP contribution in [0.5, 0.6) is 5.75 Å². The number of carbonyl (C=O) groups is 2. The van der Waals surface area contributed by atoms with Gasteiger partial charge in [0.05, 0.1) is 34.9 Å². The predicted molar refractivity (Wildman–Crippen MR) is 134 cm³/mol. The number of furan rings is 1. The van der Waals surface area contributed by atoms with Gasteiger partial charge in [-0.15, -0.1) is 0 Å². The van der Waals surface area contributed by atoms with Gasteiger partial charge in [0, 0.05) is 11.6 Å². The van der Waals surface area contributed by atoms with Crippen molar-refractivity contribution in [2.24, 2.45) is 0 Å². The molecule has 0 atom stereocenters. The number of nitrogens with zero attached hydrogens (tertiary/aromatic N) is 1. The van der Waals surface area contributed by atoms with E-state index in [1.807, 2.05) is 12.1 Å². The largest absolute Gasteiger partial charge is 0.495 e. The molecule has 0 N–H and O–H groups in total. The number of methoxy groups -OCH3 is 1. The summed E-state index contributed by atoms with van der Waals surface area (Å²) in [6, 6.07) is 15.7. The first kappa shape index (κ1) is 23.1. The van der Waals surface area contributed by atoms with Gasteiger partial charge in [-0.3, -0.25) is 9.69 Å². The summed E-state index contributed by atoms with van der Waals surface area (Å²) in [5.41, 5.74) is 1.49. The second kappa shape index (κ2) is 9.82. The van der Waals surface area contributed by atoms with Crippen molar-refractivity contribution in [2.75, 3.05) is 18.6 Å². The van der Waals surface area contributed by atoms with Crippen LogP contribution in [0.25, 0.3) is 17.4 Å². The summed E-state index contributed by atoms with van der Waals surface area (Å²) in [5.74, 6) is 0.775. The smallest absolute Gasteiger partial charge is 0.339 e. The summed E-state index contributed by atoms with van der Waals surface area (Å²) < 4.78 is 16.7. The lowest BCUT2D eigenvalue weighted by atomic mass is 10.1. The monoisotopic (exact) mass is 499 g/mol. The van der Waals surface area contributed by atoms with Crippen molar-refractivity contribution in [3.05, 3.63) is 75.8 Å². The number of hydrogen-bond acceptors (Lipinski definition) is 7. The number of amides is 1. The third-order valence-electron chi connectivity index (χ3n) is 4.77. The summed E-state index contributed by atoms with van der Waals surface area (Å²) in [4.78, 5) is 27.1. The van der Waals surface area contributed by atoms with Gasteiger partial charge in [0.2, 0.25) is 0 Å². The molecule has 0 saturated carbocycles. The van der Waals surface area contributed by atoms with E-state index in [1.54, 1.807) is 62.6 Å². The lowest BCUT2D eigenvalue weighted by molar-refractivity contribution is -0.113. The highest BCUT2D eigenvalue weighted by atomic mass is 35.5. The van der Waals surface area contributed by atoms with Crippen LogP contribution in [0.2, 0.25) is 5.02 Å². The van der Waals surface area contributed by atoms with E-state index in [1.165, 1.54) is 16.7 Å². The van der Waals surface area contributed by atoms with E-state index in [0.29, 0.717) is 42.8 Å². The summed E-state index contributed by atoms with van der Waals surface area (Å²) in [6.45, 7) is 1.97. The fraction of sp³-hybridized carbons (Fsp3) is 0.125. The van der Waals surface area contributed by atoms with Gasteiger partial charge < -0.3 is 13.9 Å². The summed E-state index contributed by atoms with van der Waals surface area (Å²) >= 11 is 12.8. The Balaban J connectivity index is 1.61. The van der Waals surface area contributed by atoms with Crippen molar-refractivity contribution in [1.29, 1.82) is 0 Å². The number of thiocarbonyl (C=S) groups is 1. The molecule has 1 fully saturated rings. The quantitative estimate of drug-likeness (QED) is 0.227. The maximum Gasteiger partial charge on any atom is 0.339 e. The molecule has 0 spiro atoms. The van der Waals surface area contributed by atoms with Crippen molar-refractivity contribution in [3.8, 4) is 17.1 Å². The van der Waals surface area contributed by atoms with Crippen molar-refractivity contribution in [1.82, 2.24) is 0 Å². The zero-order valence-corrected chi connectivity index (χ0v) is 20.1. The predicted octanol–water partition coefficient (Wildman–Crippen LogP) is 6.19. The Morgan fingerprint density at radius 2 is 2.00 bits per heavy atom. The number of carbonyl (C=O) groups excluding carboxylic acids is 2. The fourth-order valence-corrected chi connectivity index (χ4v) is 4.71. The molecule has 0 unspecified atom stereocenters. The lowest BCUT2D eigenvalue weighted by Crippen LogP contribution is -2.27. The van der Waals surface area contributed by atoms with Crippen LogP contribution in [0.1, 0.15) is 23.0 Å². The molecule has 3 aromatic rings. The van der Waals surface area contributed by atoms with Gasteiger partial charge in [0.25, 0.3) is 5.91 Å². The third-order valence-corrected chi connectivity index (χ3v) is 6.40. The topological polar surface area (TPSA) is 69.0 Å². The number of ether oxygens (including phenoxy) is 2. The molecule has 2 aromatic carbocycles. The van der Waals surface area contributed by atoms with E-state index in [0.717, 1.165) is 0 Å². The Labute approximate surface area is 205 Å².